The molecule has 1 fully saturated rings. The highest BCUT2D eigenvalue weighted by Crippen LogP contribution is 2.44. The Morgan fingerprint density at radius 1 is 1.14 bits per heavy atom. The lowest BCUT2D eigenvalue weighted by Gasteiger charge is -2.43. The van der Waals surface area contributed by atoms with E-state index in [2.05, 4.69) is 4.90 Å². The molecule has 29 heavy (non-hydrogen) atoms. The third kappa shape index (κ3) is 4.43. The molecule has 1 atom stereocenters. The van der Waals surface area contributed by atoms with Crippen molar-refractivity contribution in [3.05, 3.63) is 71.3 Å². The molecule has 0 aromatic heterocycles. The van der Waals surface area contributed by atoms with Crippen LogP contribution in [0.1, 0.15) is 29.5 Å². The molecule has 3 rings (SSSR count). The molecule has 1 N–H and O–H groups in total. The van der Waals surface area contributed by atoms with Crippen LogP contribution >= 0.6 is 0 Å². The first-order chi connectivity index (χ1) is 13.8. The van der Waals surface area contributed by atoms with Crippen LogP contribution in [-0.2, 0) is 22.9 Å². The minimum Gasteiger partial charge on any atom is -0.480 e. The fourth-order valence-corrected chi connectivity index (χ4v) is 4.12. The SMILES string of the molecule is N#CC(C(=O)O)C1(c2cccc(C(F)(F)F)c2)CCN(Cc2ccccc2)CC1. The van der Waals surface area contributed by atoms with Gasteiger partial charge in [-0.3, -0.25) is 9.69 Å². The number of carboxylic acid groups (broad SMARTS) is 1. The molecule has 7 heteroatoms. The van der Waals surface area contributed by atoms with Crippen molar-refractivity contribution in [1.29, 1.82) is 5.26 Å². The molecule has 1 aliphatic rings. The van der Waals surface area contributed by atoms with E-state index in [-0.39, 0.29) is 5.56 Å². The number of hydrogen-bond donors (Lipinski definition) is 1. The number of nitriles is 1. The third-order valence-corrected chi connectivity index (χ3v) is 5.69. The number of carbonyl (C=O) groups is 1. The Hall–Kier alpha value is -2.85. The molecule has 1 unspecified atom stereocenters. The van der Waals surface area contributed by atoms with E-state index >= 15 is 0 Å². The largest absolute Gasteiger partial charge is 0.480 e. The van der Waals surface area contributed by atoms with Crippen LogP contribution < -0.4 is 0 Å². The van der Waals surface area contributed by atoms with Gasteiger partial charge >= 0.3 is 12.1 Å². The highest BCUT2D eigenvalue weighted by Gasteiger charge is 2.47. The van der Waals surface area contributed by atoms with E-state index in [0.717, 1.165) is 17.7 Å². The second-order valence-electron chi connectivity index (χ2n) is 7.40. The van der Waals surface area contributed by atoms with E-state index < -0.39 is 29.0 Å². The molecule has 0 amide bonds. The van der Waals surface area contributed by atoms with Crippen LogP contribution in [0.5, 0.6) is 0 Å². The number of likely N-dealkylation sites (tertiary alicyclic amines) is 1. The zero-order valence-electron chi connectivity index (χ0n) is 15.7. The van der Waals surface area contributed by atoms with E-state index in [1.54, 1.807) is 0 Å². The van der Waals surface area contributed by atoms with E-state index in [9.17, 15) is 28.3 Å². The lowest BCUT2D eigenvalue weighted by Crippen LogP contribution is -2.48. The number of nitrogens with zero attached hydrogens (tertiary/aromatic N) is 2. The topological polar surface area (TPSA) is 64.3 Å². The summed E-state index contributed by atoms with van der Waals surface area (Å²) in [6, 6.07) is 16.4. The van der Waals surface area contributed by atoms with Gasteiger partial charge < -0.3 is 5.11 Å². The summed E-state index contributed by atoms with van der Waals surface area (Å²) < 4.78 is 39.6. The van der Waals surface area contributed by atoms with E-state index in [4.69, 9.17) is 0 Å². The van der Waals surface area contributed by atoms with Crippen molar-refractivity contribution in [3.8, 4) is 6.07 Å². The van der Waals surface area contributed by atoms with Crippen LogP contribution in [0, 0.1) is 17.2 Å². The van der Waals surface area contributed by atoms with Gasteiger partial charge in [0.1, 0.15) is 0 Å². The lowest BCUT2D eigenvalue weighted by atomic mass is 9.64. The maximum Gasteiger partial charge on any atom is 0.416 e. The molecule has 0 bridgehead atoms. The standard InChI is InChI=1S/C22H21F3N2O2/c23-22(24,25)18-8-4-7-17(13-18)21(19(14-26)20(28)29)9-11-27(12-10-21)15-16-5-2-1-3-6-16/h1-8,13,19H,9-12,15H2,(H,28,29). The zero-order valence-corrected chi connectivity index (χ0v) is 15.7. The molecule has 1 heterocycles. The van der Waals surface area contributed by atoms with Gasteiger partial charge in [0, 0.05) is 12.0 Å². The molecular formula is C22H21F3N2O2. The number of aliphatic carboxylic acids is 1. The highest BCUT2D eigenvalue weighted by atomic mass is 19.4. The number of rotatable bonds is 5. The van der Waals surface area contributed by atoms with Crippen molar-refractivity contribution in [3.63, 3.8) is 0 Å². The van der Waals surface area contributed by atoms with Gasteiger partial charge in [-0.15, -0.1) is 0 Å². The number of hydrogen-bond acceptors (Lipinski definition) is 3. The summed E-state index contributed by atoms with van der Waals surface area (Å²) in [5.74, 6) is -2.72. The Kier molecular flexibility index (Phi) is 5.94. The van der Waals surface area contributed by atoms with Gasteiger partial charge in [0.15, 0.2) is 5.92 Å². The smallest absolute Gasteiger partial charge is 0.416 e. The Bertz CT molecular complexity index is 898. The zero-order chi connectivity index (χ0) is 21.1. The average Bonchev–Trinajstić information content (AvgIpc) is 2.70. The van der Waals surface area contributed by atoms with Crippen LogP contribution in [0.25, 0.3) is 0 Å². The maximum absolute atomic E-state index is 13.2. The van der Waals surface area contributed by atoms with Crippen molar-refractivity contribution >= 4 is 5.97 Å². The molecule has 0 spiro atoms. The van der Waals surface area contributed by atoms with Crippen molar-refractivity contribution in [2.75, 3.05) is 13.1 Å². The van der Waals surface area contributed by atoms with Gasteiger partial charge in [-0.1, -0.05) is 48.5 Å². The van der Waals surface area contributed by atoms with Gasteiger partial charge in [-0.25, -0.2) is 0 Å². The fourth-order valence-electron chi connectivity index (χ4n) is 4.12. The first-order valence-corrected chi connectivity index (χ1v) is 9.33. The van der Waals surface area contributed by atoms with Crippen LogP contribution in [0.15, 0.2) is 54.6 Å². The molecule has 0 radical (unpaired) electrons. The summed E-state index contributed by atoms with van der Waals surface area (Å²) in [5, 5.41) is 19.2. The Balaban J connectivity index is 1.91. The van der Waals surface area contributed by atoms with Crippen molar-refractivity contribution < 1.29 is 23.1 Å². The number of benzene rings is 2. The molecule has 2 aromatic carbocycles. The fraction of sp³-hybridized carbons (Fsp3) is 0.364. The molecule has 1 aliphatic heterocycles. The Morgan fingerprint density at radius 3 is 2.34 bits per heavy atom. The molecule has 1 saturated heterocycles. The number of carboxylic acids is 1. The summed E-state index contributed by atoms with van der Waals surface area (Å²) >= 11 is 0. The number of piperidine rings is 1. The van der Waals surface area contributed by atoms with Gasteiger partial charge in [-0.05, 0) is 43.1 Å². The predicted octanol–water partition coefficient (Wildman–Crippen LogP) is 4.46. The van der Waals surface area contributed by atoms with E-state index in [1.807, 2.05) is 36.4 Å². The van der Waals surface area contributed by atoms with Crippen LogP contribution in [0.3, 0.4) is 0 Å². The molecule has 0 aliphatic carbocycles. The minimum absolute atomic E-state index is 0.264. The van der Waals surface area contributed by atoms with Crippen molar-refractivity contribution in [2.45, 2.75) is 31.0 Å². The van der Waals surface area contributed by atoms with Crippen LogP contribution in [-0.4, -0.2) is 29.1 Å². The summed E-state index contributed by atoms with van der Waals surface area (Å²) in [5.41, 5.74) is -0.618. The average molecular weight is 402 g/mol. The summed E-state index contributed by atoms with van der Waals surface area (Å²) in [7, 11) is 0. The number of alkyl halides is 3. The van der Waals surface area contributed by atoms with Gasteiger partial charge in [-0.2, -0.15) is 18.4 Å². The Morgan fingerprint density at radius 2 is 1.79 bits per heavy atom. The van der Waals surface area contributed by atoms with Gasteiger partial charge in [0.25, 0.3) is 0 Å². The van der Waals surface area contributed by atoms with E-state index in [0.29, 0.717) is 32.5 Å². The normalized spacial score (nSPS) is 18.0. The lowest BCUT2D eigenvalue weighted by molar-refractivity contribution is -0.142. The number of halogens is 3. The quantitative estimate of drug-likeness (QED) is 0.802. The van der Waals surface area contributed by atoms with Crippen LogP contribution in [0.2, 0.25) is 0 Å². The summed E-state index contributed by atoms with van der Waals surface area (Å²) in [6.07, 6.45) is -3.94. The third-order valence-electron chi connectivity index (χ3n) is 5.69. The second-order valence-corrected chi connectivity index (χ2v) is 7.40. The second kappa shape index (κ2) is 8.26. The molecule has 0 saturated carbocycles. The summed E-state index contributed by atoms with van der Waals surface area (Å²) in [4.78, 5) is 13.9. The molecule has 4 nitrogen and oxygen atoms in total. The van der Waals surface area contributed by atoms with E-state index in [1.165, 1.54) is 12.1 Å². The predicted molar refractivity (Wildman–Crippen MR) is 101 cm³/mol. The highest BCUT2D eigenvalue weighted by molar-refractivity contribution is 5.75. The van der Waals surface area contributed by atoms with Gasteiger partial charge in [0.05, 0.1) is 11.6 Å². The Labute approximate surface area is 167 Å². The van der Waals surface area contributed by atoms with Gasteiger partial charge in [0.2, 0.25) is 0 Å². The first-order valence-electron chi connectivity index (χ1n) is 9.33. The van der Waals surface area contributed by atoms with Crippen molar-refractivity contribution in [1.82, 2.24) is 4.90 Å². The van der Waals surface area contributed by atoms with Crippen molar-refractivity contribution in [2.24, 2.45) is 5.92 Å². The molecular weight excluding hydrogens is 381 g/mol. The monoisotopic (exact) mass is 402 g/mol. The summed E-state index contributed by atoms with van der Waals surface area (Å²) in [6.45, 7) is 1.66. The van der Waals surface area contributed by atoms with Crippen LogP contribution in [0.4, 0.5) is 13.2 Å². The first kappa shape index (κ1) is 20.9. The molecule has 152 valence electrons. The molecule has 2 aromatic rings. The minimum atomic E-state index is -4.53. The maximum atomic E-state index is 13.2.